The maximum Gasteiger partial charge on any atom is 0.308 e. The molecule has 0 bridgehead atoms. The second kappa shape index (κ2) is 6.52. The van der Waals surface area contributed by atoms with Crippen LogP contribution >= 0.6 is 0 Å². The molecule has 4 nitrogen and oxygen atoms in total. The molecule has 4 heteroatoms. The van der Waals surface area contributed by atoms with E-state index in [4.69, 9.17) is 14.2 Å². The molecule has 2 rings (SSSR count). The van der Waals surface area contributed by atoms with Crippen LogP contribution in [0.3, 0.4) is 0 Å². The molecule has 0 spiro atoms. The molecule has 1 unspecified atom stereocenters. The van der Waals surface area contributed by atoms with E-state index in [0.717, 1.165) is 31.4 Å². The fourth-order valence-corrected chi connectivity index (χ4v) is 1.85. The molecule has 0 N–H and O–H groups in total. The summed E-state index contributed by atoms with van der Waals surface area (Å²) in [5.41, 5.74) is 1.04. The van der Waals surface area contributed by atoms with E-state index >= 15 is 0 Å². The fourth-order valence-electron chi connectivity index (χ4n) is 1.85. The summed E-state index contributed by atoms with van der Waals surface area (Å²) < 4.78 is 16.1. The number of esters is 1. The summed E-state index contributed by atoms with van der Waals surface area (Å²) in [7, 11) is 0. The van der Waals surface area contributed by atoms with Crippen molar-refractivity contribution in [2.45, 2.75) is 39.1 Å². The summed E-state index contributed by atoms with van der Waals surface area (Å²) in [5, 5.41) is 0. The summed E-state index contributed by atoms with van der Waals surface area (Å²) in [6, 6.07) is 7.31. The van der Waals surface area contributed by atoms with E-state index in [9.17, 15) is 4.79 Å². The Morgan fingerprint density at radius 2 is 2.11 bits per heavy atom. The smallest absolute Gasteiger partial charge is 0.308 e. The van der Waals surface area contributed by atoms with Crippen LogP contribution < -0.4 is 4.74 Å². The van der Waals surface area contributed by atoms with E-state index in [1.807, 2.05) is 12.1 Å². The summed E-state index contributed by atoms with van der Waals surface area (Å²) in [4.78, 5) is 10.8. The number of rotatable bonds is 4. The van der Waals surface area contributed by atoms with Crippen molar-refractivity contribution in [1.82, 2.24) is 0 Å². The van der Waals surface area contributed by atoms with Crippen LogP contribution in [0.5, 0.6) is 5.75 Å². The van der Waals surface area contributed by atoms with Gasteiger partial charge in [0.25, 0.3) is 0 Å². The Hall–Kier alpha value is -1.39. The first-order valence-electron chi connectivity index (χ1n) is 6.24. The third-order valence-electron chi connectivity index (χ3n) is 2.76. The van der Waals surface area contributed by atoms with Crippen LogP contribution in [-0.2, 0) is 20.9 Å². The standard InChI is InChI=1S/C14H18O4/c1-11(15)18-13-7-5-12(6-8-13)10-17-14-4-2-3-9-16-14/h5-8,14H,2-4,9-10H2,1H3. The van der Waals surface area contributed by atoms with Crippen LogP contribution in [0.15, 0.2) is 24.3 Å². The van der Waals surface area contributed by atoms with Crippen LogP contribution in [0.1, 0.15) is 31.7 Å². The molecule has 0 aromatic heterocycles. The highest BCUT2D eigenvalue weighted by atomic mass is 16.7. The van der Waals surface area contributed by atoms with E-state index in [1.54, 1.807) is 12.1 Å². The van der Waals surface area contributed by atoms with Gasteiger partial charge in [-0.2, -0.15) is 0 Å². The molecule has 1 saturated heterocycles. The minimum absolute atomic E-state index is 0.0769. The Balaban J connectivity index is 1.80. The van der Waals surface area contributed by atoms with Gasteiger partial charge in [-0.05, 0) is 37.0 Å². The van der Waals surface area contributed by atoms with E-state index in [2.05, 4.69) is 0 Å². The van der Waals surface area contributed by atoms with Crippen molar-refractivity contribution >= 4 is 5.97 Å². The molecule has 1 aromatic carbocycles. The largest absolute Gasteiger partial charge is 0.427 e. The number of ether oxygens (including phenoxy) is 3. The van der Waals surface area contributed by atoms with Gasteiger partial charge in [-0.15, -0.1) is 0 Å². The second-order valence-electron chi connectivity index (χ2n) is 4.34. The zero-order chi connectivity index (χ0) is 12.8. The van der Waals surface area contributed by atoms with Gasteiger partial charge in [-0.1, -0.05) is 12.1 Å². The highest BCUT2D eigenvalue weighted by Crippen LogP contribution is 2.17. The lowest BCUT2D eigenvalue weighted by atomic mass is 10.2. The van der Waals surface area contributed by atoms with E-state index in [-0.39, 0.29) is 12.3 Å². The summed E-state index contributed by atoms with van der Waals surface area (Å²) >= 11 is 0. The normalized spacial score (nSPS) is 19.5. The Morgan fingerprint density at radius 1 is 1.33 bits per heavy atom. The number of hydrogen-bond donors (Lipinski definition) is 0. The Bertz CT molecular complexity index is 379. The molecule has 0 radical (unpaired) electrons. The van der Waals surface area contributed by atoms with Crippen LogP contribution in [-0.4, -0.2) is 18.9 Å². The fraction of sp³-hybridized carbons (Fsp3) is 0.500. The molecule has 1 heterocycles. The van der Waals surface area contributed by atoms with E-state index < -0.39 is 0 Å². The molecular formula is C14H18O4. The Labute approximate surface area is 107 Å². The second-order valence-corrected chi connectivity index (χ2v) is 4.34. The van der Waals surface area contributed by atoms with Gasteiger partial charge in [0.15, 0.2) is 6.29 Å². The van der Waals surface area contributed by atoms with Gasteiger partial charge in [0.1, 0.15) is 5.75 Å². The number of benzene rings is 1. The van der Waals surface area contributed by atoms with E-state index in [0.29, 0.717) is 12.4 Å². The molecule has 0 aliphatic carbocycles. The minimum Gasteiger partial charge on any atom is -0.427 e. The maximum atomic E-state index is 10.8. The van der Waals surface area contributed by atoms with E-state index in [1.165, 1.54) is 6.92 Å². The lowest BCUT2D eigenvalue weighted by Crippen LogP contribution is -2.21. The lowest BCUT2D eigenvalue weighted by molar-refractivity contribution is -0.168. The summed E-state index contributed by atoms with van der Waals surface area (Å²) in [6.45, 7) is 2.69. The van der Waals surface area contributed by atoms with Crippen molar-refractivity contribution in [1.29, 1.82) is 0 Å². The predicted molar refractivity (Wildman–Crippen MR) is 66.1 cm³/mol. The summed E-state index contributed by atoms with van der Waals surface area (Å²) in [5.74, 6) is 0.245. The van der Waals surface area contributed by atoms with Crippen LogP contribution in [0, 0.1) is 0 Å². The van der Waals surface area contributed by atoms with Crippen molar-refractivity contribution in [2.75, 3.05) is 6.61 Å². The number of carbonyl (C=O) groups is 1. The van der Waals surface area contributed by atoms with Crippen LogP contribution in [0.4, 0.5) is 0 Å². The SMILES string of the molecule is CC(=O)Oc1ccc(COC2CCCCO2)cc1. The molecule has 98 valence electrons. The van der Waals surface area contributed by atoms with Crippen molar-refractivity contribution < 1.29 is 19.0 Å². The van der Waals surface area contributed by atoms with Gasteiger partial charge >= 0.3 is 5.97 Å². The topological polar surface area (TPSA) is 44.8 Å². The van der Waals surface area contributed by atoms with Gasteiger partial charge in [0.2, 0.25) is 0 Å². The monoisotopic (exact) mass is 250 g/mol. The number of carbonyl (C=O) groups excluding carboxylic acids is 1. The van der Waals surface area contributed by atoms with Gasteiger partial charge in [0, 0.05) is 13.5 Å². The first-order chi connectivity index (χ1) is 8.74. The minimum atomic E-state index is -0.311. The first-order valence-corrected chi connectivity index (χ1v) is 6.24. The van der Waals surface area contributed by atoms with Gasteiger partial charge < -0.3 is 14.2 Å². The maximum absolute atomic E-state index is 10.8. The molecule has 1 fully saturated rings. The Morgan fingerprint density at radius 3 is 2.72 bits per heavy atom. The zero-order valence-corrected chi connectivity index (χ0v) is 10.6. The molecule has 0 saturated carbocycles. The van der Waals surface area contributed by atoms with Gasteiger partial charge in [-0.3, -0.25) is 4.79 Å². The summed E-state index contributed by atoms with van der Waals surface area (Å²) in [6.07, 6.45) is 3.17. The molecule has 18 heavy (non-hydrogen) atoms. The quantitative estimate of drug-likeness (QED) is 0.608. The van der Waals surface area contributed by atoms with Crippen LogP contribution in [0.25, 0.3) is 0 Å². The molecule has 1 aliphatic rings. The van der Waals surface area contributed by atoms with Crippen molar-refractivity contribution in [2.24, 2.45) is 0 Å². The highest BCUT2D eigenvalue weighted by molar-refractivity contribution is 5.69. The van der Waals surface area contributed by atoms with Crippen molar-refractivity contribution in [3.8, 4) is 5.75 Å². The molecule has 1 atom stereocenters. The Kier molecular flexibility index (Phi) is 4.73. The molecular weight excluding hydrogens is 232 g/mol. The third-order valence-corrected chi connectivity index (χ3v) is 2.76. The van der Waals surface area contributed by atoms with Gasteiger partial charge in [-0.25, -0.2) is 0 Å². The first kappa shape index (κ1) is 13.1. The van der Waals surface area contributed by atoms with Gasteiger partial charge in [0.05, 0.1) is 6.61 Å². The van der Waals surface area contributed by atoms with Crippen molar-refractivity contribution in [3.63, 3.8) is 0 Å². The third kappa shape index (κ3) is 4.13. The lowest BCUT2D eigenvalue weighted by Gasteiger charge is -2.22. The zero-order valence-electron chi connectivity index (χ0n) is 10.6. The number of hydrogen-bond acceptors (Lipinski definition) is 4. The van der Waals surface area contributed by atoms with Crippen LogP contribution in [0.2, 0.25) is 0 Å². The predicted octanol–water partition coefficient (Wildman–Crippen LogP) is 2.66. The average molecular weight is 250 g/mol. The molecule has 0 amide bonds. The molecule has 1 aliphatic heterocycles. The highest BCUT2D eigenvalue weighted by Gasteiger charge is 2.13. The van der Waals surface area contributed by atoms with Crippen molar-refractivity contribution in [3.05, 3.63) is 29.8 Å². The molecule has 1 aromatic rings. The average Bonchev–Trinajstić information content (AvgIpc) is 2.38.